The third-order valence-electron chi connectivity index (χ3n) is 2.59. The predicted octanol–water partition coefficient (Wildman–Crippen LogP) is 1.75. The number of benzene rings is 1. The molecule has 1 atom stereocenters. The van der Waals surface area contributed by atoms with Crippen LogP contribution in [0.25, 0.3) is 10.9 Å². The Bertz CT molecular complexity index is 566. The van der Waals surface area contributed by atoms with Crippen molar-refractivity contribution in [1.29, 1.82) is 0 Å². The number of pyridine rings is 1. The molecular formula is C13H13NO3. The zero-order chi connectivity index (χ0) is 12.4. The van der Waals surface area contributed by atoms with Crippen LogP contribution >= 0.6 is 0 Å². The van der Waals surface area contributed by atoms with Crippen molar-refractivity contribution in [2.24, 2.45) is 0 Å². The number of hydrogen-bond acceptors (Lipinski definition) is 4. The molecule has 4 heteroatoms. The van der Waals surface area contributed by atoms with E-state index < -0.39 is 12.1 Å². The summed E-state index contributed by atoms with van der Waals surface area (Å²) >= 11 is 0. The van der Waals surface area contributed by atoms with Gasteiger partial charge in [-0.05, 0) is 30.7 Å². The second kappa shape index (κ2) is 4.51. The fraction of sp³-hybridized carbons (Fsp3) is 0.231. The van der Waals surface area contributed by atoms with Crippen molar-refractivity contribution < 1.29 is 14.6 Å². The van der Waals surface area contributed by atoms with Gasteiger partial charge in [0.05, 0.1) is 12.6 Å². The summed E-state index contributed by atoms with van der Waals surface area (Å²) < 4.78 is 4.49. The van der Waals surface area contributed by atoms with Crippen LogP contribution in [0.4, 0.5) is 0 Å². The Morgan fingerprint density at radius 1 is 1.35 bits per heavy atom. The molecule has 0 aliphatic carbocycles. The second-order valence-corrected chi connectivity index (χ2v) is 3.83. The largest absolute Gasteiger partial charge is 0.467 e. The molecule has 0 saturated carbocycles. The molecule has 4 nitrogen and oxygen atoms in total. The number of nitrogens with zero attached hydrogens (tertiary/aromatic N) is 1. The van der Waals surface area contributed by atoms with Gasteiger partial charge in [-0.1, -0.05) is 12.1 Å². The van der Waals surface area contributed by atoms with E-state index in [2.05, 4.69) is 9.72 Å². The number of aromatic nitrogens is 1. The van der Waals surface area contributed by atoms with Gasteiger partial charge in [0.15, 0.2) is 6.10 Å². The molecule has 88 valence electrons. The van der Waals surface area contributed by atoms with Gasteiger partial charge in [-0.2, -0.15) is 0 Å². The molecule has 2 rings (SSSR count). The van der Waals surface area contributed by atoms with Gasteiger partial charge in [0.25, 0.3) is 0 Å². The quantitative estimate of drug-likeness (QED) is 0.800. The number of hydrogen-bond donors (Lipinski definition) is 1. The number of aryl methyl sites for hydroxylation is 1. The first-order valence-corrected chi connectivity index (χ1v) is 5.25. The fourth-order valence-electron chi connectivity index (χ4n) is 1.66. The molecule has 0 spiro atoms. The first kappa shape index (κ1) is 11.5. The highest BCUT2D eigenvalue weighted by molar-refractivity contribution is 5.82. The molecule has 0 radical (unpaired) electrons. The van der Waals surface area contributed by atoms with Gasteiger partial charge < -0.3 is 9.84 Å². The number of aliphatic hydroxyl groups is 1. The van der Waals surface area contributed by atoms with E-state index in [0.29, 0.717) is 5.56 Å². The average Bonchev–Trinajstić information content (AvgIpc) is 2.36. The van der Waals surface area contributed by atoms with E-state index in [1.54, 1.807) is 18.2 Å². The zero-order valence-corrected chi connectivity index (χ0v) is 9.68. The van der Waals surface area contributed by atoms with Gasteiger partial charge in [0, 0.05) is 11.1 Å². The summed E-state index contributed by atoms with van der Waals surface area (Å²) in [5, 5.41) is 10.6. The Morgan fingerprint density at radius 2 is 2.12 bits per heavy atom. The fourth-order valence-corrected chi connectivity index (χ4v) is 1.66. The van der Waals surface area contributed by atoms with Crippen LogP contribution in [0.5, 0.6) is 0 Å². The molecule has 1 heterocycles. The SMILES string of the molecule is COC(=O)C(O)c1ccc2nc(C)ccc2c1. The Hall–Kier alpha value is -1.94. The number of ether oxygens (including phenoxy) is 1. The lowest BCUT2D eigenvalue weighted by Gasteiger charge is -2.09. The van der Waals surface area contributed by atoms with Crippen LogP contribution in [-0.2, 0) is 9.53 Å². The van der Waals surface area contributed by atoms with E-state index in [9.17, 15) is 9.90 Å². The number of carbonyl (C=O) groups is 1. The van der Waals surface area contributed by atoms with E-state index in [1.807, 2.05) is 19.1 Å². The molecule has 0 bridgehead atoms. The predicted molar refractivity (Wildman–Crippen MR) is 63.5 cm³/mol. The third kappa shape index (κ3) is 2.26. The van der Waals surface area contributed by atoms with Crippen molar-refractivity contribution >= 4 is 16.9 Å². The van der Waals surface area contributed by atoms with Crippen LogP contribution < -0.4 is 0 Å². The van der Waals surface area contributed by atoms with E-state index in [0.717, 1.165) is 16.6 Å². The maximum Gasteiger partial charge on any atom is 0.339 e. The van der Waals surface area contributed by atoms with Crippen LogP contribution in [0, 0.1) is 6.92 Å². The lowest BCUT2D eigenvalue weighted by molar-refractivity contribution is -0.150. The molecule has 0 saturated heterocycles. The molecule has 0 aliphatic heterocycles. The number of rotatable bonds is 2. The molecule has 1 aromatic heterocycles. The normalized spacial score (nSPS) is 12.4. The molecule has 0 fully saturated rings. The topological polar surface area (TPSA) is 59.4 Å². The molecule has 0 amide bonds. The first-order valence-electron chi connectivity index (χ1n) is 5.25. The van der Waals surface area contributed by atoms with Crippen LogP contribution in [-0.4, -0.2) is 23.2 Å². The van der Waals surface area contributed by atoms with Crippen molar-refractivity contribution in [1.82, 2.24) is 4.98 Å². The highest BCUT2D eigenvalue weighted by Crippen LogP contribution is 2.20. The van der Waals surface area contributed by atoms with Crippen LogP contribution in [0.1, 0.15) is 17.4 Å². The Kier molecular flexibility index (Phi) is 3.06. The number of esters is 1. The highest BCUT2D eigenvalue weighted by atomic mass is 16.5. The molecule has 1 unspecified atom stereocenters. The van der Waals surface area contributed by atoms with Crippen molar-refractivity contribution in [3.63, 3.8) is 0 Å². The van der Waals surface area contributed by atoms with Gasteiger partial charge in [-0.15, -0.1) is 0 Å². The minimum atomic E-state index is -1.24. The lowest BCUT2D eigenvalue weighted by Crippen LogP contribution is -2.13. The number of fused-ring (bicyclic) bond motifs is 1. The first-order chi connectivity index (χ1) is 8.11. The summed E-state index contributed by atoms with van der Waals surface area (Å²) in [4.78, 5) is 15.6. The smallest absolute Gasteiger partial charge is 0.339 e. The minimum Gasteiger partial charge on any atom is -0.467 e. The monoisotopic (exact) mass is 231 g/mol. The van der Waals surface area contributed by atoms with Gasteiger partial charge in [-0.3, -0.25) is 4.98 Å². The summed E-state index contributed by atoms with van der Waals surface area (Å²) in [7, 11) is 1.25. The van der Waals surface area contributed by atoms with Gasteiger partial charge in [-0.25, -0.2) is 4.79 Å². The molecule has 0 aliphatic rings. The highest BCUT2D eigenvalue weighted by Gasteiger charge is 2.17. The molecule has 17 heavy (non-hydrogen) atoms. The summed E-state index contributed by atoms with van der Waals surface area (Å²) in [6.07, 6.45) is -1.24. The molecule has 1 aromatic carbocycles. The van der Waals surface area contributed by atoms with Crippen molar-refractivity contribution in [2.45, 2.75) is 13.0 Å². The Morgan fingerprint density at radius 3 is 2.82 bits per heavy atom. The zero-order valence-electron chi connectivity index (χ0n) is 9.68. The summed E-state index contributed by atoms with van der Waals surface area (Å²) in [6.45, 7) is 1.91. The van der Waals surface area contributed by atoms with E-state index in [1.165, 1.54) is 7.11 Å². The van der Waals surface area contributed by atoms with Crippen LogP contribution in [0.2, 0.25) is 0 Å². The number of carbonyl (C=O) groups excluding carboxylic acids is 1. The lowest BCUT2D eigenvalue weighted by atomic mass is 10.1. The molecule has 2 aromatic rings. The summed E-state index contributed by atoms with van der Waals surface area (Å²) in [5.41, 5.74) is 2.28. The summed E-state index contributed by atoms with van der Waals surface area (Å²) in [6, 6.07) is 8.99. The third-order valence-corrected chi connectivity index (χ3v) is 2.59. The second-order valence-electron chi connectivity index (χ2n) is 3.83. The molecule has 1 N–H and O–H groups in total. The maximum absolute atomic E-state index is 11.2. The number of aliphatic hydroxyl groups excluding tert-OH is 1. The molecular weight excluding hydrogens is 218 g/mol. The van der Waals surface area contributed by atoms with Crippen LogP contribution in [0.15, 0.2) is 30.3 Å². The maximum atomic E-state index is 11.2. The number of methoxy groups -OCH3 is 1. The van der Waals surface area contributed by atoms with E-state index in [4.69, 9.17) is 0 Å². The van der Waals surface area contributed by atoms with E-state index in [-0.39, 0.29) is 0 Å². The van der Waals surface area contributed by atoms with Crippen molar-refractivity contribution in [3.8, 4) is 0 Å². The Labute approximate surface area is 98.9 Å². The van der Waals surface area contributed by atoms with E-state index >= 15 is 0 Å². The van der Waals surface area contributed by atoms with Crippen LogP contribution in [0.3, 0.4) is 0 Å². The van der Waals surface area contributed by atoms with Crippen molar-refractivity contribution in [3.05, 3.63) is 41.6 Å². The van der Waals surface area contributed by atoms with Crippen molar-refractivity contribution in [2.75, 3.05) is 7.11 Å². The standard InChI is InChI=1S/C13H13NO3/c1-8-3-4-9-7-10(5-6-11(9)14-8)12(15)13(16)17-2/h3-7,12,15H,1-2H3. The minimum absolute atomic E-state index is 0.509. The van der Waals surface area contributed by atoms with Gasteiger partial charge in [0.1, 0.15) is 0 Å². The van der Waals surface area contributed by atoms with Gasteiger partial charge >= 0.3 is 5.97 Å². The van der Waals surface area contributed by atoms with Gasteiger partial charge in [0.2, 0.25) is 0 Å². The Balaban J connectivity index is 2.44. The summed E-state index contributed by atoms with van der Waals surface area (Å²) in [5.74, 6) is -0.663. The average molecular weight is 231 g/mol.